The average Bonchev–Trinajstić information content (AvgIpc) is 3.51. The van der Waals surface area contributed by atoms with Crippen molar-refractivity contribution in [3.63, 3.8) is 0 Å². The minimum absolute atomic E-state index is 0.704. The first-order valence-electron chi connectivity index (χ1n) is 16.6. The van der Waals surface area contributed by atoms with Gasteiger partial charge in [0.25, 0.3) is 0 Å². The largest absolute Gasteiger partial charge is 0.457 e. The van der Waals surface area contributed by atoms with E-state index in [1.165, 1.54) is 11.4 Å². The van der Waals surface area contributed by atoms with Gasteiger partial charge in [-0.3, -0.25) is 4.98 Å². The lowest BCUT2D eigenvalue weighted by Crippen LogP contribution is -2.38. The summed E-state index contributed by atoms with van der Waals surface area (Å²) in [6, 6.07) is 59.7. The number of fused-ring (bicyclic) bond motifs is 3. The van der Waals surface area contributed by atoms with Gasteiger partial charge < -0.3 is 19.4 Å². The molecule has 0 saturated carbocycles. The Kier molecular flexibility index (Phi) is 6.91. The highest BCUT2D eigenvalue weighted by atomic mass is 16.5. The first-order chi connectivity index (χ1) is 24.2. The van der Waals surface area contributed by atoms with Crippen molar-refractivity contribution in [2.75, 3.05) is 28.4 Å². The van der Waals surface area contributed by atoms with E-state index in [1.807, 2.05) is 24.4 Å². The predicted molar refractivity (Wildman–Crippen MR) is 199 cm³/mol. The number of nitrogens with zero attached hydrogens (tertiary/aromatic N) is 4. The molecule has 0 fully saturated rings. The zero-order valence-electron chi connectivity index (χ0n) is 27.1. The molecular weight excluding hydrogens is 601 g/mol. The first kappa shape index (κ1) is 28.9. The molecule has 0 amide bonds. The molecule has 7 aromatic rings. The van der Waals surface area contributed by atoms with Gasteiger partial charge in [0.1, 0.15) is 11.5 Å². The zero-order chi connectivity index (χ0) is 32.8. The van der Waals surface area contributed by atoms with Crippen LogP contribution in [0.4, 0.5) is 34.1 Å². The van der Waals surface area contributed by atoms with Crippen molar-refractivity contribution in [2.45, 2.75) is 5.41 Å². The Hall–Kier alpha value is -6.33. The molecule has 6 aromatic carbocycles. The lowest BCUT2D eigenvalue weighted by atomic mass is 9.64. The van der Waals surface area contributed by atoms with E-state index in [0.717, 1.165) is 63.3 Å². The van der Waals surface area contributed by atoms with Gasteiger partial charge in [-0.25, -0.2) is 0 Å². The van der Waals surface area contributed by atoms with E-state index in [4.69, 9.17) is 9.72 Å². The fourth-order valence-electron chi connectivity index (χ4n) is 7.67. The molecule has 3 heterocycles. The molecule has 5 nitrogen and oxygen atoms in total. The van der Waals surface area contributed by atoms with Gasteiger partial charge in [-0.2, -0.15) is 0 Å². The van der Waals surface area contributed by atoms with E-state index >= 15 is 0 Å². The summed E-state index contributed by atoms with van der Waals surface area (Å²) in [5.74, 6) is 1.55. The smallest absolute Gasteiger partial charge is 0.129 e. The minimum Gasteiger partial charge on any atom is -0.457 e. The van der Waals surface area contributed by atoms with Crippen LogP contribution < -0.4 is 19.4 Å². The molecule has 0 saturated heterocycles. The summed E-state index contributed by atoms with van der Waals surface area (Å²) in [4.78, 5) is 12.0. The van der Waals surface area contributed by atoms with Gasteiger partial charge >= 0.3 is 0 Å². The van der Waals surface area contributed by atoms with Crippen molar-refractivity contribution in [1.82, 2.24) is 4.98 Å². The van der Waals surface area contributed by atoms with Crippen LogP contribution in [0.3, 0.4) is 0 Å². The monoisotopic (exact) mass is 634 g/mol. The van der Waals surface area contributed by atoms with Gasteiger partial charge in [-0.1, -0.05) is 91.0 Å². The number of aromatic nitrogens is 1. The molecule has 49 heavy (non-hydrogen) atoms. The van der Waals surface area contributed by atoms with Gasteiger partial charge in [0.15, 0.2) is 0 Å². The summed E-state index contributed by atoms with van der Waals surface area (Å²) < 4.78 is 6.70. The minimum atomic E-state index is -0.704. The molecule has 236 valence electrons. The topological polar surface area (TPSA) is 31.8 Å². The Morgan fingerprint density at radius 1 is 0.531 bits per heavy atom. The number of benzene rings is 6. The highest BCUT2D eigenvalue weighted by Gasteiger charge is 2.47. The third kappa shape index (κ3) is 4.66. The van der Waals surface area contributed by atoms with E-state index in [2.05, 4.69) is 173 Å². The van der Waals surface area contributed by atoms with Crippen LogP contribution in [0.5, 0.6) is 11.5 Å². The number of hydrogen-bond acceptors (Lipinski definition) is 5. The Morgan fingerprint density at radius 2 is 1.12 bits per heavy atom. The van der Waals surface area contributed by atoms with Crippen molar-refractivity contribution in [3.05, 3.63) is 198 Å². The number of anilines is 6. The van der Waals surface area contributed by atoms with Crippen LogP contribution in [0.1, 0.15) is 22.4 Å². The third-order valence-corrected chi connectivity index (χ3v) is 9.73. The predicted octanol–water partition coefficient (Wildman–Crippen LogP) is 10.6. The maximum absolute atomic E-state index is 6.70. The zero-order valence-corrected chi connectivity index (χ0v) is 27.1. The van der Waals surface area contributed by atoms with Crippen LogP contribution in [0.15, 0.2) is 176 Å². The Balaban J connectivity index is 1.19. The number of pyridine rings is 1. The quantitative estimate of drug-likeness (QED) is 0.182. The average molecular weight is 635 g/mol. The second-order valence-corrected chi connectivity index (χ2v) is 12.6. The standard InChI is InChI=1S/C44H34N4O/c1-46-31-47(42-26-10-9-25-41(42)46)34-18-14-20-36(30-34)49-35-19-13-15-32(29-35)44(43-27-11-12-28-45-43)37-21-5-7-23-39(37)48(33-16-3-2-4-17-33)40-24-8-6-22-38(40)44/h2-30H,31H2,1H3. The summed E-state index contributed by atoms with van der Waals surface area (Å²) in [5.41, 5.74) is 10.5. The molecule has 0 spiro atoms. The fourth-order valence-corrected chi connectivity index (χ4v) is 7.67. The van der Waals surface area contributed by atoms with Gasteiger partial charge in [0.05, 0.1) is 40.5 Å². The lowest BCUT2D eigenvalue weighted by molar-refractivity contribution is 0.481. The second-order valence-electron chi connectivity index (χ2n) is 12.6. The summed E-state index contributed by atoms with van der Waals surface area (Å²) in [6.45, 7) is 0.781. The van der Waals surface area contributed by atoms with Crippen molar-refractivity contribution >= 4 is 34.1 Å². The summed E-state index contributed by atoms with van der Waals surface area (Å²) in [7, 11) is 2.13. The van der Waals surface area contributed by atoms with E-state index in [0.29, 0.717) is 0 Å². The molecule has 0 radical (unpaired) electrons. The van der Waals surface area contributed by atoms with E-state index in [1.54, 1.807) is 0 Å². The molecule has 2 aliphatic heterocycles. The second kappa shape index (κ2) is 11.7. The molecule has 0 N–H and O–H groups in total. The normalized spacial score (nSPS) is 14.2. The van der Waals surface area contributed by atoms with E-state index in [9.17, 15) is 0 Å². The number of rotatable bonds is 6. The van der Waals surface area contributed by atoms with Crippen LogP contribution in [-0.2, 0) is 5.41 Å². The van der Waals surface area contributed by atoms with Gasteiger partial charge in [0, 0.05) is 30.7 Å². The maximum Gasteiger partial charge on any atom is 0.129 e. The SMILES string of the molecule is CN1CN(c2cccc(Oc3cccc(C4(c5ccccn5)c5ccccc5N(c5ccccc5)c5ccccc54)c3)c2)c2ccccc21. The third-order valence-electron chi connectivity index (χ3n) is 9.73. The number of hydrogen-bond donors (Lipinski definition) is 0. The highest BCUT2D eigenvalue weighted by Crippen LogP contribution is 2.57. The number of para-hydroxylation sites is 5. The Bertz CT molecular complexity index is 2240. The maximum atomic E-state index is 6.70. The fraction of sp³-hybridized carbons (Fsp3) is 0.0682. The molecular formula is C44H34N4O. The lowest BCUT2D eigenvalue weighted by Gasteiger charge is -2.45. The van der Waals surface area contributed by atoms with Crippen molar-refractivity contribution < 1.29 is 4.74 Å². The molecule has 0 bridgehead atoms. The van der Waals surface area contributed by atoms with Crippen molar-refractivity contribution in [1.29, 1.82) is 0 Å². The first-order valence-corrected chi connectivity index (χ1v) is 16.6. The molecule has 5 heteroatoms. The van der Waals surface area contributed by atoms with Gasteiger partial charge in [0.2, 0.25) is 0 Å². The molecule has 0 aliphatic carbocycles. The van der Waals surface area contributed by atoms with Gasteiger partial charge in [-0.15, -0.1) is 0 Å². The summed E-state index contributed by atoms with van der Waals surface area (Å²) in [6.07, 6.45) is 1.89. The van der Waals surface area contributed by atoms with Crippen LogP contribution >= 0.6 is 0 Å². The highest BCUT2D eigenvalue weighted by molar-refractivity contribution is 5.89. The van der Waals surface area contributed by atoms with E-state index in [-0.39, 0.29) is 0 Å². The van der Waals surface area contributed by atoms with Gasteiger partial charge in [-0.05, 0) is 89.5 Å². The molecule has 1 aromatic heterocycles. The molecule has 0 unspecified atom stereocenters. The molecule has 2 aliphatic rings. The summed E-state index contributed by atoms with van der Waals surface area (Å²) >= 11 is 0. The molecule has 0 atom stereocenters. The van der Waals surface area contributed by atoms with Crippen LogP contribution in [0, 0.1) is 0 Å². The van der Waals surface area contributed by atoms with Crippen LogP contribution in [0.2, 0.25) is 0 Å². The molecule has 9 rings (SSSR count). The Labute approximate surface area is 286 Å². The number of ether oxygens (including phenoxy) is 1. The van der Waals surface area contributed by atoms with Crippen molar-refractivity contribution in [2.24, 2.45) is 0 Å². The Morgan fingerprint density at radius 3 is 1.84 bits per heavy atom. The van der Waals surface area contributed by atoms with E-state index < -0.39 is 5.41 Å². The van der Waals surface area contributed by atoms with Crippen molar-refractivity contribution in [3.8, 4) is 11.5 Å². The summed E-state index contributed by atoms with van der Waals surface area (Å²) in [5, 5.41) is 0. The van der Waals surface area contributed by atoms with Crippen LogP contribution in [-0.4, -0.2) is 18.7 Å². The van der Waals surface area contributed by atoms with Crippen LogP contribution in [0.25, 0.3) is 0 Å².